The molecule has 0 spiro atoms. The number of amides is 1. The largest absolute Gasteiger partial charge is 0.452 e. The molecule has 1 aromatic carbocycles. The average Bonchev–Trinajstić information content (AvgIpc) is 2.57. The molecule has 132 valence electrons. The fourth-order valence-electron chi connectivity index (χ4n) is 2.03. The highest BCUT2D eigenvalue weighted by molar-refractivity contribution is 6.36. The molecular weight excluding hydrogens is 363 g/mol. The van der Waals surface area contributed by atoms with Crippen molar-refractivity contribution in [3.8, 4) is 0 Å². The van der Waals surface area contributed by atoms with Crippen molar-refractivity contribution in [1.82, 2.24) is 4.98 Å². The lowest BCUT2D eigenvalue weighted by Gasteiger charge is -2.09. The molecule has 0 aliphatic rings. The second kappa shape index (κ2) is 8.32. The maximum absolute atomic E-state index is 12.0. The fourth-order valence-corrected chi connectivity index (χ4v) is 2.44. The van der Waals surface area contributed by atoms with Crippen LogP contribution in [0.5, 0.6) is 0 Å². The first-order valence-electron chi connectivity index (χ1n) is 7.67. The summed E-state index contributed by atoms with van der Waals surface area (Å²) >= 11 is 11.9. The van der Waals surface area contributed by atoms with Crippen LogP contribution >= 0.6 is 23.2 Å². The van der Waals surface area contributed by atoms with Crippen molar-refractivity contribution in [3.63, 3.8) is 0 Å². The molecule has 0 bridgehead atoms. The van der Waals surface area contributed by atoms with E-state index in [2.05, 4.69) is 24.1 Å². The number of rotatable bonds is 5. The van der Waals surface area contributed by atoms with Crippen molar-refractivity contribution in [1.29, 1.82) is 0 Å². The summed E-state index contributed by atoms with van der Waals surface area (Å²) < 4.78 is 5.01. The van der Waals surface area contributed by atoms with Gasteiger partial charge in [-0.1, -0.05) is 49.2 Å². The molecule has 1 N–H and O–H groups in total. The Morgan fingerprint density at radius 2 is 1.80 bits per heavy atom. The molecule has 1 heterocycles. The maximum atomic E-state index is 12.0. The van der Waals surface area contributed by atoms with Crippen LogP contribution < -0.4 is 5.32 Å². The van der Waals surface area contributed by atoms with E-state index in [1.54, 1.807) is 19.1 Å². The van der Waals surface area contributed by atoms with Crippen molar-refractivity contribution >= 4 is 40.9 Å². The lowest BCUT2D eigenvalue weighted by molar-refractivity contribution is -0.119. The standard InChI is InChI=1S/C18H18Cl2N2O3/c1-10(2)12-4-6-13(7-5-12)18(24)25-9-16(23)22-17-15(20)8-14(19)11(3)21-17/h4-8,10H,9H2,1-3H3,(H,21,22,23). The topological polar surface area (TPSA) is 68.3 Å². The van der Waals surface area contributed by atoms with E-state index in [4.69, 9.17) is 27.9 Å². The first kappa shape index (κ1) is 19.2. The van der Waals surface area contributed by atoms with Crippen LogP contribution in [0.2, 0.25) is 10.0 Å². The number of nitrogens with zero attached hydrogens (tertiary/aromatic N) is 1. The minimum Gasteiger partial charge on any atom is -0.452 e. The van der Waals surface area contributed by atoms with Gasteiger partial charge in [-0.15, -0.1) is 0 Å². The summed E-state index contributed by atoms with van der Waals surface area (Å²) in [7, 11) is 0. The van der Waals surface area contributed by atoms with Crippen LogP contribution in [-0.4, -0.2) is 23.5 Å². The number of halogens is 2. The predicted octanol–water partition coefficient (Wildman–Crippen LogP) is 4.62. The zero-order valence-electron chi connectivity index (χ0n) is 14.1. The molecule has 0 unspecified atom stereocenters. The minimum absolute atomic E-state index is 0.172. The van der Waals surface area contributed by atoms with Gasteiger partial charge in [0.25, 0.3) is 5.91 Å². The Bertz CT molecular complexity index is 790. The van der Waals surface area contributed by atoms with Gasteiger partial charge in [0.1, 0.15) is 0 Å². The SMILES string of the molecule is Cc1nc(NC(=O)COC(=O)c2ccc(C(C)C)cc2)c(Cl)cc1Cl. The van der Waals surface area contributed by atoms with E-state index in [1.807, 2.05) is 12.1 Å². The van der Waals surface area contributed by atoms with Gasteiger partial charge in [-0.25, -0.2) is 9.78 Å². The maximum Gasteiger partial charge on any atom is 0.338 e. The van der Waals surface area contributed by atoms with Crippen molar-refractivity contribution in [2.24, 2.45) is 0 Å². The number of aryl methyl sites for hydroxylation is 1. The molecule has 1 amide bonds. The molecule has 5 nitrogen and oxygen atoms in total. The van der Waals surface area contributed by atoms with Gasteiger partial charge in [0.05, 0.1) is 21.3 Å². The molecule has 2 rings (SSSR count). The predicted molar refractivity (Wildman–Crippen MR) is 98.4 cm³/mol. The van der Waals surface area contributed by atoms with E-state index in [0.29, 0.717) is 22.2 Å². The van der Waals surface area contributed by atoms with Crippen LogP contribution in [0.3, 0.4) is 0 Å². The molecule has 0 atom stereocenters. The molecule has 0 aliphatic carbocycles. The van der Waals surface area contributed by atoms with Crippen LogP contribution in [0, 0.1) is 6.92 Å². The molecule has 2 aromatic rings. The molecule has 0 aliphatic heterocycles. The quantitative estimate of drug-likeness (QED) is 0.768. The Morgan fingerprint density at radius 3 is 2.40 bits per heavy atom. The Hall–Kier alpha value is -2.11. The monoisotopic (exact) mass is 380 g/mol. The highest BCUT2D eigenvalue weighted by Gasteiger charge is 2.13. The van der Waals surface area contributed by atoms with Gasteiger partial charge in [0, 0.05) is 0 Å². The van der Waals surface area contributed by atoms with Crippen molar-refractivity contribution in [2.45, 2.75) is 26.7 Å². The number of hydrogen-bond donors (Lipinski definition) is 1. The second-order valence-electron chi connectivity index (χ2n) is 5.79. The van der Waals surface area contributed by atoms with E-state index < -0.39 is 18.5 Å². The average molecular weight is 381 g/mol. The van der Waals surface area contributed by atoms with E-state index in [-0.39, 0.29) is 10.8 Å². The van der Waals surface area contributed by atoms with Gasteiger partial charge in [-0.2, -0.15) is 0 Å². The van der Waals surface area contributed by atoms with E-state index >= 15 is 0 Å². The number of esters is 1. The Morgan fingerprint density at radius 1 is 1.16 bits per heavy atom. The highest BCUT2D eigenvalue weighted by Crippen LogP contribution is 2.25. The number of hydrogen-bond acceptors (Lipinski definition) is 4. The Balaban J connectivity index is 1.93. The number of benzene rings is 1. The molecule has 25 heavy (non-hydrogen) atoms. The third kappa shape index (κ3) is 5.18. The first-order valence-corrected chi connectivity index (χ1v) is 8.43. The molecule has 0 saturated carbocycles. The van der Waals surface area contributed by atoms with Gasteiger partial charge < -0.3 is 10.1 Å². The van der Waals surface area contributed by atoms with Crippen molar-refractivity contribution < 1.29 is 14.3 Å². The number of pyridine rings is 1. The lowest BCUT2D eigenvalue weighted by atomic mass is 10.0. The lowest BCUT2D eigenvalue weighted by Crippen LogP contribution is -2.21. The third-order valence-electron chi connectivity index (χ3n) is 3.51. The molecule has 0 fully saturated rings. The van der Waals surface area contributed by atoms with Crippen LogP contribution in [0.1, 0.15) is 41.4 Å². The van der Waals surface area contributed by atoms with E-state index in [0.717, 1.165) is 5.56 Å². The fraction of sp³-hybridized carbons (Fsp3) is 0.278. The summed E-state index contributed by atoms with van der Waals surface area (Å²) in [4.78, 5) is 28.0. The molecule has 7 heteroatoms. The number of carbonyl (C=O) groups is 2. The van der Waals surface area contributed by atoms with Gasteiger partial charge in [0.2, 0.25) is 0 Å². The second-order valence-corrected chi connectivity index (χ2v) is 6.60. The molecule has 0 saturated heterocycles. The number of anilines is 1. The van der Waals surface area contributed by atoms with Crippen LogP contribution in [0.15, 0.2) is 30.3 Å². The summed E-state index contributed by atoms with van der Waals surface area (Å²) in [6.45, 7) is 5.38. The van der Waals surface area contributed by atoms with Gasteiger partial charge in [-0.3, -0.25) is 4.79 Å². The summed E-state index contributed by atoms with van der Waals surface area (Å²) in [6, 6.07) is 8.57. The molecular formula is C18H18Cl2N2O3. The third-order valence-corrected chi connectivity index (χ3v) is 4.18. The van der Waals surface area contributed by atoms with Gasteiger partial charge >= 0.3 is 5.97 Å². The number of aromatic nitrogens is 1. The normalized spacial score (nSPS) is 10.6. The highest BCUT2D eigenvalue weighted by atomic mass is 35.5. The molecule has 0 radical (unpaired) electrons. The van der Waals surface area contributed by atoms with Crippen molar-refractivity contribution in [2.75, 3.05) is 11.9 Å². The smallest absolute Gasteiger partial charge is 0.338 e. The molecule has 1 aromatic heterocycles. The zero-order valence-corrected chi connectivity index (χ0v) is 15.6. The van der Waals surface area contributed by atoms with Crippen LogP contribution in [0.25, 0.3) is 0 Å². The minimum atomic E-state index is -0.572. The number of nitrogens with one attached hydrogen (secondary N) is 1. The van der Waals surface area contributed by atoms with Crippen molar-refractivity contribution in [3.05, 3.63) is 57.2 Å². The summed E-state index contributed by atoms with van der Waals surface area (Å²) in [5.41, 5.74) is 2.03. The summed E-state index contributed by atoms with van der Waals surface area (Å²) in [5, 5.41) is 3.10. The van der Waals surface area contributed by atoms with E-state index in [1.165, 1.54) is 6.07 Å². The first-order chi connectivity index (χ1) is 11.8. The zero-order chi connectivity index (χ0) is 18.6. The van der Waals surface area contributed by atoms with Crippen LogP contribution in [0.4, 0.5) is 5.82 Å². The van der Waals surface area contributed by atoms with Gasteiger partial charge in [0.15, 0.2) is 12.4 Å². The summed E-state index contributed by atoms with van der Waals surface area (Å²) in [6.07, 6.45) is 0. The number of carbonyl (C=O) groups excluding carboxylic acids is 2. The van der Waals surface area contributed by atoms with Gasteiger partial charge in [-0.05, 0) is 36.6 Å². The number of ether oxygens (including phenoxy) is 1. The van der Waals surface area contributed by atoms with E-state index in [9.17, 15) is 9.59 Å². The Labute approximate surface area is 156 Å². The Kier molecular flexibility index (Phi) is 6.39. The summed E-state index contributed by atoms with van der Waals surface area (Å²) in [5.74, 6) is -0.568. The van der Waals surface area contributed by atoms with Crippen LogP contribution in [-0.2, 0) is 9.53 Å².